The van der Waals surface area contributed by atoms with E-state index in [-0.39, 0.29) is 0 Å². The molecule has 6 nitrogen and oxygen atoms in total. The molecule has 0 saturated carbocycles. The van der Waals surface area contributed by atoms with E-state index >= 15 is 0 Å². The fraction of sp³-hybridized carbons (Fsp3) is 0.333. The molecule has 0 bridgehead atoms. The average molecular weight is 247 g/mol. The Morgan fingerprint density at radius 2 is 2.22 bits per heavy atom. The highest BCUT2D eigenvalue weighted by molar-refractivity contribution is 5.53. The summed E-state index contributed by atoms with van der Waals surface area (Å²) in [7, 11) is 1.90. The summed E-state index contributed by atoms with van der Waals surface area (Å²) in [6.45, 7) is 3.10. The third kappa shape index (κ3) is 2.71. The van der Waals surface area contributed by atoms with Gasteiger partial charge in [0.25, 0.3) is 0 Å². The third-order valence-electron chi connectivity index (χ3n) is 2.54. The Hall–Kier alpha value is -2.24. The topological polar surface area (TPSA) is 78.0 Å². The van der Waals surface area contributed by atoms with Gasteiger partial charge in [-0.25, -0.2) is 0 Å². The van der Waals surface area contributed by atoms with Crippen LogP contribution in [0, 0.1) is 0 Å². The summed E-state index contributed by atoms with van der Waals surface area (Å²) in [6.07, 6.45) is 1.76. The fourth-order valence-corrected chi connectivity index (χ4v) is 1.56. The van der Waals surface area contributed by atoms with Crippen molar-refractivity contribution >= 4 is 11.5 Å². The van der Waals surface area contributed by atoms with Gasteiger partial charge in [0.05, 0.1) is 24.5 Å². The smallest absolute Gasteiger partial charge is 0.239 e. The molecule has 0 amide bonds. The number of pyridine rings is 1. The molecule has 0 unspecified atom stereocenters. The number of nitrogen functional groups attached to an aromatic ring is 1. The van der Waals surface area contributed by atoms with Crippen molar-refractivity contribution in [3.05, 3.63) is 30.1 Å². The summed E-state index contributed by atoms with van der Waals surface area (Å²) >= 11 is 0. The predicted octanol–water partition coefficient (Wildman–Crippen LogP) is 1.41. The van der Waals surface area contributed by atoms with Crippen LogP contribution in [0.2, 0.25) is 0 Å². The first-order chi connectivity index (χ1) is 8.70. The third-order valence-corrected chi connectivity index (χ3v) is 2.54. The van der Waals surface area contributed by atoms with Gasteiger partial charge in [0.2, 0.25) is 5.88 Å². The number of aromatic nitrogens is 3. The molecule has 0 aliphatic heterocycles. The maximum Gasteiger partial charge on any atom is 0.239 e. The minimum absolute atomic E-state index is 0.465. The highest BCUT2D eigenvalue weighted by Gasteiger charge is 2.04. The van der Waals surface area contributed by atoms with Gasteiger partial charge in [-0.15, -0.1) is 0 Å². The summed E-state index contributed by atoms with van der Waals surface area (Å²) < 4.78 is 7.16. The monoisotopic (exact) mass is 247 g/mol. The van der Waals surface area contributed by atoms with Crippen LogP contribution < -0.4 is 15.8 Å². The van der Waals surface area contributed by atoms with E-state index in [9.17, 15) is 0 Å². The number of rotatable bonds is 5. The molecule has 96 valence electrons. The summed E-state index contributed by atoms with van der Waals surface area (Å²) in [5.74, 6) is 1.20. The van der Waals surface area contributed by atoms with Crippen molar-refractivity contribution in [2.75, 3.05) is 17.7 Å². The van der Waals surface area contributed by atoms with Crippen LogP contribution in [0.15, 0.2) is 24.4 Å². The van der Waals surface area contributed by atoms with E-state index in [0.717, 1.165) is 11.5 Å². The molecule has 0 atom stereocenters. The second-order valence-corrected chi connectivity index (χ2v) is 3.82. The van der Waals surface area contributed by atoms with Gasteiger partial charge in [-0.2, -0.15) is 10.1 Å². The van der Waals surface area contributed by atoms with Crippen molar-refractivity contribution in [3.8, 4) is 5.88 Å². The molecular formula is C12H17N5O. The van der Waals surface area contributed by atoms with Crippen molar-refractivity contribution in [1.29, 1.82) is 0 Å². The number of nitrogens with zero attached hydrogens (tertiary/aromatic N) is 3. The lowest BCUT2D eigenvalue weighted by molar-refractivity contribution is 0.329. The van der Waals surface area contributed by atoms with Gasteiger partial charge in [0, 0.05) is 13.2 Å². The molecule has 6 heteroatoms. The van der Waals surface area contributed by atoms with Gasteiger partial charge in [-0.05, 0) is 25.1 Å². The van der Waals surface area contributed by atoms with Crippen LogP contribution >= 0.6 is 0 Å². The molecule has 2 heterocycles. The number of nitrogens with one attached hydrogen (secondary N) is 1. The van der Waals surface area contributed by atoms with Gasteiger partial charge in [0.1, 0.15) is 5.82 Å². The normalized spacial score (nSPS) is 10.3. The van der Waals surface area contributed by atoms with Gasteiger partial charge < -0.3 is 15.8 Å². The number of aryl methyl sites for hydroxylation is 1. The Morgan fingerprint density at radius 1 is 1.39 bits per heavy atom. The summed E-state index contributed by atoms with van der Waals surface area (Å²) in [5, 5.41) is 7.31. The molecule has 0 aliphatic carbocycles. The number of anilines is 2. The molecule has 0 radical (unpaired) electrons. The van der Waals surface area contributed by atoms with Crippen LogP contribution in [0.4, 0.5) is 11.5 Å². The molecule has 2 aromatic heterocycles. The average Bonchev–Trinajstić information content (AvgIpc) is 2.76. The second-order valence-electron chi connectivity index (χ2n) is 3.82. The Bertz CT molecular complexity index is 523. The molecule has 3 N–H and O–H groups in total. The highest BCUT2D eigenvalue weighted by Crippen LogP contribution is 2.20. The lowest BCUT2D eigenvalue weighted by Crippen LogP contribution is -2.07. The first kappa shape index (κ1) is 12.2. The summed E-state index contributed by atoms with van der Waals surface area (Å²) in [6, 6.07) is 5.56. The maximum atomic E-state index is 5.76. The molecule has 0 fully saturated rings. The van der Waals surface area contributed by atoms with Crippen LogP contribution in [0.25, 0.3) is 0 Å². The van der Waals surface area contributed by atoms with E-state index in [1.165, 1.54) is 0 Å². The van der Waals surface area contributed by atoms with Crippen LogP contribution in [0.5, 0.6) is 5.88 Å². The van der Waals surface area contributed by atoms with Crippen molar-refractivity contribution in [1.82, 2.24) is 14.8 Å². The van der Waals surface area contributed by atoms with Gasteiger partial charge in [0.15, 0.2) is 0 Å². The van der Waals surface area contributed by atoms with Crippen molar-refractivity contribution in [2.24, 2.45) is 7.05 Å². The first-order valence-electron chi connectivity index (χ1n) is 5.80. The Balaban J connectivity index is 2.05. The van der Waals surface area contributed by atoms with E-state index < -0.39 is 0 Å². The highest BCUT2D eigenvalue weighted by atomic mass is 16.5. The molecule has 0 aliphatic rings. The largest absolute Gasteiger partial charge is 0.476 e. The zero-order valence-electron chi connectivity index (χ0n) is 10.6. The molecule has 2 rings (SSSR count). The number of hydrogen-bond acceptors (Lipinski definition) is 5. The Labute approximate surface area is 106 Å². The minimum Gasteiger partial charge on any atom is -0.476 e. The zero-order chi connectivity index (χ0) is 13.0. The van der Waals surface area contributed by atoms with Crippen molar-refractivity contribution in [2.45, 2.75) is 13.5 Å². The van der Waals surface area contributed by atoms with E-state index in [1.54, 1.807) is 12.3 Å². The Morgan fingerprint density at radius 3 is 2.89 bits per heavy atom. The first-order valence-corrected chi connectivity index (χ1v) is 5.80. The van der Waals surface area contributed by atoms with E-state index in [1.807, 2.05) is 30.8 Å². The van der Waals surface area contributed by atoms with Crippen molar-refractivity contribution in [3.63, 3.8) is 0 Å². The van der Waals surface area contributed by atoms with Crippen LogP contribution in [0.1, 0.15) is 12.6 Å². The Kier molecular flexibility index (Phi) is 3.66. The number of ether oxygens (including phenoxy) is 1. The molecule has 0 saturated heterocycles. The zero-order valence-corrected chi connectivity index (χ0v) is 10.6. The van der Waals surface area contributed by atoms with Gasteiger partial charge in [-0.1, -0.05) is 0 Å². The predicted molar refractivity (Wildman–Crippen MR) is 70.4 cm³/mol. The standard InChI is InChI=1S/C12H17N5O/c1-3-18-12-10(13)4-5-11(16-12)14-8-9-6-7-15-17(9)2/h4-7H,3,8,13H2,1-2H3,(H,14,16). The van der Waals surface area contributed by atoms with Crippen LogP contribution in [0.3, 0.4) is 0 Å². The van der Waals surface area contributed by atoms with Crippen LogP contribution in [-0.4, -0.2) is 21.4 Å². The quantitative estimate of drug-likeness (QED) is 0.835. The SMILES string of the molecule is CCOc1nc(NCc2ccnn2C)ccc1N. The molecule has 0 spiro atoms. The second kappa shape index (κ2) is 5.39. The number of hydrogen-bond donors (Lipinski definition) is 2. The van der Waals surface area contributed by atoms with E-state index in [2.05, 4.69) is 15.4 Å². The van der Waals surface area contributed by atoms with E-state index in [0.29, 0.717) is 24.7 Å². The van der Waals surface area contributed by atoms with E-state index in [4.69, 9.17) is 10.5 Å². The number of nitrogens with two attached hydrogens (primary N) is 1. The van der Waals surface area contributed by atoms with Crippen LogP contribution in [-0.2, 0) is 13.6 Å². The summed E-state index contributed by atoms with van der Waals surface area (Å²) in [4.78, 5) is 4.30. The summed E-state index contributed by atoms with van der Waals surface area (Å²) in [5.41, 5.74) is 7.38. The molecule has 18 heavy (non-hydrogen) atoms. The minimum atomic E-state index is 0.465. The molecular weight excluding hydrogens is 230 g/mol. The van der Waals surface area contributed by atoms with Gasteiger partial charge in [-0.3, -0.25) is 4.68 Å². The lowest BCUT2D eigenvalue weighted by atomic mass is 10.3. The molecule has 2 aromatic rings. The van der Waals surface area contributed by atoms with Gasteiger partial charge >= 0.3 is 0 Å². The molecule has 0 aromatic carbocycles. The maximum absolute atomic E-state index is 5.76. The lowest BCUT2D eigenvalue weighted by Gasteiger charge is -2.09. The fourth-order valence-electron chi connectivity index (χ4n) is 1.56. The van der Waals surface area contributed by atoms with Crippen molar-refractivity contribution < 1.29 is 4.74 Å².